The molecule has 0 bridgehead atoms. The van der Waals surface area contributed by atoms with E-state index in [0.29, 0.717) is 0 Å². The van der Waals surface area contributed by atoms with Gasteiger partial charge in [-0.3, -0.25) is 9.59 Å². The van der Waals surface area contributed by atoms with E-state index < -0.39 is 29.2 Å². The molecule has 5 nitrogen and oxygen atoms in total. The number of ether oxygens (including phenoxy) is 1. The first-order valence-electron chi connectivity index (χ1n) is 5.87. The smallest absolute Gasteiger partial charge is 0.325 e. The Morgan fingerprint density at radius 3 is 2.80 bits per heavy atom. The van der Waals surface area contributed by atoms with E-state index in [0.717, 1.165) is 17.2 Å². The Kier molecular flexibility index (Phi) is 5.76. The van der Waals surface area contributed by atoms with Gasteiger partial charge < -0.3 is 9.64 Å². The molecule has 0 aliphatic heterocycles. The number of halogens is 2. The van der Waals surface area contributed by atoms with Gasteiger partial charge in [0.25, 0.3) is 5.91 Å². The molecule has 1 heterocycles. The van der Waals surface area contributed by atoms with Crippen molar-refractivity contribution in [1.29, 1.82) is 0 Å². The van der Waals surface area contributed by atoms with Crippen LogP contribution in [0.4, 0.5) is 8.78 Å². The van der Waals surface area contributed by atoms with Crippen LogP contribution in [0.1, 0.15) is 17.3 Å². The number of rotatable bonds is 6. The quantitative estimate of drug-likeness (QED) is 0.452. The monoisotopic (exact) mass is 284 g/mol. The van der Waals surface area contributed by atoms with Crippen molar-refractivity contribution in [3.8, 4) is 0 Å². The largest absolute Gasteiger partial charge is 0.465 e. The zero-order valence-electron chi connectivity index (χ0n) is 10.9. The van der Waals surface area contributed by atoms with E-state index in [1.165, 1.54) is 6.08 Å². The Balaban J connectivity index is 2.96. The van der Waals surface area contributed by atoms with Gasteiger partial charge >= 0.3 is 5.97 Å². The lowest BCUT2D eigenvalue weighted by Gasteiger charge is -2.20. The molecule has 0 saturated carbocycles. The van der Waals surface area contributed by atoms with E-state index in [4.69, 9.17) is 4.74 Å². The van der Waals surface area contributed by atoms with E-state index in [2.05, 4.69) is 11.6 Å². The van der Waals surface area contributed by atoms with Crippen molar-refractivity contribution in [3.05, 3.63) is 42.2 Å². The summed E-state index contributed by atoms with van der Waals surface area (Å²) in [4.78, 5) is 27.6. The summed E-state index contributed by atoms with van der Waals surface area (Å²) in [7, 11) is 0. The number of hydrogen-bond acceptors (Lipinski definition) is 4. The fourth-order valence-corrected chi connectivity index (χ4v) is 1.49. The minimum atomic E-state index is -1.37. The summed E-state index contributed by atoms with van der Waals surface area (Å²) in [5.74, 6) is -4.20. The van der Waals surface area contributed by atoms with Gasteiger partial charge in [0.2, 0.25) is 5.95 Å². The van der Waals surface area contributed by atoms with E-state index in [9.17, 15) is 18.4 Å². The molecule has 0 radical (unpaired) electrons. The number of aromatic nitrogens is 1. The second-order valence-corrected chi connectivity index (χ2v) is 3.74. The summed E-state index contributed by atoms with van der Waals surface area (Å²) in [5, 5.41) is 0. The Labute approximate surface area is 114 Å². The van der Waals surface area contributed by atoms with Crippen molar-refractivity contribution < 1.29 is 23.1 Å². The third kappa shape index (κ3) is 3.84. The average Bonchev–Trinajstić information content (AvgIpc) is 2.41. The van der Waals surface area contributed by atoms with Gasteiger partial charge in [-0.25, -0.2) is 9.37 Å². The predicted molar refractivity (Wildman–Crippen MR) is 66.9 cm³/mol. The standard InChI is InChI=1S/C13H14F2N2O3/c1-3-7-17(8-10(18)20-4-2)13(19)9-5-6-16-12(15)11(9)14/h3,5-6H,1,4,7-8H2,2H3. The van der Waals surface area contributed by atoms with E-state index >= 15 is 0 Å². The molecule has 0 N–H and O–H groups in total. The van der Waals surface area contributed by atoms with Gasteiger partial charge in [0.05, 0.1) is 12.2 Å². The maximum Gasteiger partial charge on any atom is 0.325 e. The summed E-state index contributed by atoms with van der Waals surface area (Å²) >= 11 is 0. The van der Waals surface area contributed by atoms with Gasteiger partial charge in [-0.05, 0) is 13.0 Å². The van der Waals surface area contributed by atoms with Crippen LogP contribution in [-0.4, -0.2) is 41.5 Å². The average molecular weight is 284 g/mol. The van der Waals surface area contributed by atoms with Crippen molar-refractivity contribution in [2.24, 2.45) is 0 Å². The van der Waals surface area contributed by atoms with E-state index in [1.807, 2.05) is 0 Å². The molecule has 1 aromatic rings. The molecule has 1 aromatic heterocycles. The third-order valence-corrected chi connectivity index (χ3v) is 2.34. The number of esters is 1. The van der Waals surface area contributed by atoms with Gasteiger partial charge in [0, 0.05) is 12.7 Å². The molecule has 108 valence electrons. The topological polar surface area (TPSA) is 59.5 Å². The molecule has 0 spiro atoms. The fourth-order valence-electron chi connectivity index (χ4n) is 1.49. The summed E-state index contributed by atoms with van der Waals surface area (Å²) in [6.45, 7) is 4.85. The van der Waals surface area contributed by atoms with Crippen molar-refractivity contribution in [2.45, 2.75) is 6.92 Å². The SMILES string of the molecule is C=CCN(CC(=O)OCC)C(=O)c1ccnc(F)c1F. The first kappa shape index (κ1) is 15.7. The Morgan fingerprint density at radius 2 is 2.20 bits per heavy atom. The number of pyridine rings is 1. The van der Waals surface area contributed by atoms with Gasteiger partial charge in [0.1, 0.15) is 6.54 Å². The van der Waals surface area contributed by atoms with Crippen molar-refractivity contribution in [1.82, 2.24) is 9.88 Å². The summed E-state index contributed by atoms with van der Waals surface area (Å²) in [6.07, 6.45) is 2.34. The van der Waals surface area contributed by atoms with Crippen LogP contribution in [0.2, 0.25) is 0 Å². The second-order valence-electron chi connectivity index (χ2n) is 3.74. The van der Waals surface area contributed by atoms with Crippen LogP contribution in [0.15, 0.2) is 24.9 Å². The molecule has 0 aliphatic rings. The minimum absolute atomic E-state index is 0.00102. The number of nitrogens with zero attached hydrogens (tertiary/aromatic N) is 2. The summed E-state index contributed by atoms with van der Waals surface area (Å²) < 4.78 is 31.2. The molecule has 20 heavy (non-hydrogen) atoms. The van der Waals surface area contributed by atoms with Gasteiger partial charge in [-0.1, -0.05) is 6.08 Å². The number of hydrogen-bond donors (Lipinski definition) is 0. The third-order valence-electron chi connectivity index (χ3n) is 2.34. The molecule has 0 aromatic carbocycles. The number of carbonyl (C=O) groups excluding carboxylic acids is 2. The molecular weight excluding hydrogens is 270 g/mol. The first-order chi connectivity index (χ1) is 9.51. The van der Waals surface area contributed by atoms with Gasteiger partial charge in [-0.15, -0.1) is 6.58 Å². The van der Waals surface area contributed by atoms with Gasteiger partial charge in [-0.2, -0.15) is 4.39 Å². The summed E-state index contributed by atoms with van der Waals surface area (Å²) in [5.41, 5.74) is -0.497. The maximum absolute atomic E-state index is 13.5. The van der Waals surface area contributed by atoms with Crippen LogP contribution in [-0.2, 0) is 9.53 Å². The minimum Gasteiger partial charge on any atom is -0.465 e. The van der Waals surface area contributed by atoms with Gasteiger partial charge in [0.15, 0.2) is 5.82 Å². The lowest BCUT2D eigenvalue weighted by Crippen LogP contribution is -2.37. The molecule has 1 rings (SSSR count). The maximum atomic E-state index is 13.5. The Bertz CT molecular complexity index is 520. The van der Waals surface area contributed by atoms with Crippen molar-refractivity contribution in [2.75, 3.05) is 19.7 Å². The lowest BCUT2D eigenvalue weighted by molar-refractivity contribution is -0.143. The zero-order valence-corrected chi connectivity index (χ0v) is 10.9. The molecule has 0 saturated heterocycles. The Hall–Kier alpha value is -2.31. The molecule has 7 heteroatoms. The molecule has 0 atom stereocenters. The number of carbonyl (C=O) groups is 2. The van der Waals surface area contributed by atoms with Crippen LogP contribution in [0, 0.1) is 11.8 Å². The molecule has 1 amide bonds. The lowest BCUT2D eigenvalue weighted by atomic mass is 10.2. The summed E-state index contributed by atoms with van der Waals surface area (Å²) in [6, 6.07) is 1.04. The van der Waals surface area contributed by atoms with Crippen LogP contribution in [0.5, 0.6) is 0 Å². The van der Waals surface area contributed by atoms with Crippen molar-refractivity contribution in [3.63, 3.8) is 0 Å². The highest BCUT2D eigenvalue weighted by Crippen LogP contribution is 2.12. The highest BCUT2D eigenvalue weighted by atomic mass is 19.2. The number of amides is 1. The highest BCUT2D eigenvalue weighted by molar-refractivity contribution is 5.96. The first-order valence-corrected chi connectivity index (χ1v) is 5.87. The van der Waals surface area contributed by atoms with Crippen molar-refractivity contribution >= 4 is 11.9 Å². The van der Waals surface area contributed by atoms with E-state index in [1.54, 1.807) is 6.92 Å². The van der Waals surface area contributed by atoms with Crippen LogP contribution in [0.25, 0.3) is 0 Å². The normalized spacial score (nSPS) is 9.95. The fraction of sp³-hybridized carbons (Fsp3) is 0.308. The van der Waals surface area contributed by atoms with Crippen LogP contribution in [0.3, 0.4) is 0 Å². The van der Waals surface area contributed by atoms with Crippen LogP contribution < -0.4 is 0 Å². The molecule has 0 unspecified atom stereocenters. The molecule has 0 fully saturated rings. The molecule has 0 aliphatic carbocycles. The second kappa shape index (κ2) is 7.32. The highest BCUT2D eigenvalue weighted by Gasteiger charge is 2.23. The molecular formula is C13H14F2N2O3. The van der Waals surface area contributed by atoms with Crippen LogP contribution >= 0.6 is 0 Å². The van der Waals surface area contributed by atoms with E-state index in [-0.39, 0.29) is 19.7 Å². The Morgan fingerprint density at radius 1 is 1.50 bits per heavy atom. The zero-order chi connectivity index (χ0) is 15.1. The predicted octanol–water partition coefficient (Wildman–Crippen LogP) is 1.55.